The first-order valence-corrected chi connectivity index (χ1v) is 6.81. The van der Waals surface area contributed by atoms with Crippen LogP contribution in [0.3, 0.4) is 0 Å². The minimum atomic E-state index is -0.170. The molecule has 0 amide bonds. The van der Waals surface area contributed by atoms with E-state index < -0.39 is 0 Å². The van der Waals surface area contributed by atoms with Gasteiger partial charge in [0, 0.05) is 24.8 Å². The number of hydrogen-bond acceptors (Lipinski definition) is 4. The highest BCUT2D eigenvalue weighted by Crippen LogP contribution is 2.15. The molecule has 0 saturated carbocycles. The van der Waals surface area contributed by atoms with Gasteiger partial charge in [-0.1, -0.05) is 30.3 Å². The summed E-state index contributed by atoms with van der Waals surface area (Å²) in [5.41, 5.74) is 1.41. The van der Waals surface area contributed by atoms with Crippen molar-refractivity contribution in [3.05, 3.63) is 46.8 Å². The molecule has 0 atom stereocenters. The average molecular weight is 273 g/mol. The van der Waals surface area contributed by atoms with Crippen molar-refractivity contribution in [2.45, 2.75) is 19.3 Å². The summed E-state index contributed by atoms with van der Waals surface area (Å²) in [5.74, 6) is 0.486. The van der Waals surface area contributed by atoms with E-state index in [0.29, 0.717) is 11.6 Å². The Hall–Kier alpha value is -2.14. The Bertz CT molecular complexity index is 581. The molecule has 0 fully saturated rings. The Labute approximate surface area is 117 Å². The zero-order valence-electron chi connectivity index (χ0n) is 11.3. The van der Waals surface area contributed by atoms with Gasteiger partial charge in [0.2, 0.25) is 5.95 Å². The van der Waals surface area contributed by atoms with Gasteiger partial charge in [0.1, 0.15) is 0 Å². The quantitative estimate of drug-likeness (QED) is 0.674. The van der Waals surface area contributed by atoms with Crippen molar-refractivity contribution in [2.75, 3.05) is 18.5 Å². The number of unbranched alkanes of at least 4 members (excludes halogenated alkanes) is 2. The number of nitrogens with zero attached hydrogens (tertiary/aromatic N) is 1. The van der Waals surface area contributed by atoms with Crippen molar-refractivity contribution in [1.82, 2.24) is 9.97 Å². The van der Waals surface area contributed by atoms with E-state index in [1.165, 1.54) is 6.07 Å². The molecule has 1 heterocycles. The fourth-order valence-electron chi connectivity index (χ4n) is 1.92. The number of nitrogens with one attached hydrogen (secondary N) is 2. The first kappa shape index (κ1) is 14.3. The van der Waals surface area contributed by atoms with E-state index in [9.17, 15) is 4.79 Å². The summed E-state index contributed by atoms with van der Waals surface area (Å²) >= 11 is 0. The lowest BCUT2D eigenvalue weighted by atomic mass is 10.1. The molecule has 3 N–H and O–H groups in total. The van der Waals surface area contributed by atoms with Crippen LogP contribution in [0.2, 0.25) is 0 Å². The summed E-state index contributed by atoms with van der Waals surface area (Å²) in [6.07, 6.45) is 2.68. The Morgan fingerprint density at radius 3 is 2.70 bits per heavy atom. The van der Waals surface area contributed by atoms with Crippen LogP contribution in [0.25, 0.3) is 11.3 Å². The van der Waals surface area contributed by atoms with E-state index in [2.05, 4.69) is 15.3 Å². The SMILES string of the molecule is O=c1cc(-c2ccccc2)nc(NCCCCCO)[nH]1. The van der Waals surface area contributed by atoms with Crippen molar-refractivity contribution in [3.63, 3.8) is 0 Å². The summed E-state index contributed by atoms with van der Waals surface area (Å²) in [6, 6.07) is 11.1. The van der Waals surface area contributed by atoms with E-state index in [0.717, 1.165) is 31.4 Å². The molecular weight excluding hydrogens is 254 g/mol. The molecule has 5 heteroatoms. The molecule has 0 unspecified atom stereocenters. The molecule has 0 aliphatic rings. The van der Waals surface area contributed by atoms with Gasteiger partial charge in [-0.25, -0.2) is 4.98 Å². The van der Waals surface area contributed by atoms with Crippen LogP contribution < -0.4 is 10.9 Å². The lowest BCUT2D eigenvalue weighted by molar-refractivity contribution is 0.283. The fraction of sp³-hybridized carbons (Fsp3) is 0.333. The zero-order chi connectivity index (χ0) is 14.2. The van der Waals surface area contributed by atoms with Crippen LogP contribution in [0.4, 0.5) is 5.95 Å². The smallest absolute Gasteiger partial charge is 0.252 e. The van der Waals surface area contributed by atoms with Crippen molar-refractivity contribution >= 4 is 5.95 Å². The third-order valence-corrected chi connectivity index (χ3v) is 2.94. The lowest BCUT2D eigenvalue weighted by Gasteiger charge is -2.07. The van der Waals surface area contributed by atoms with Crippen LogP contribution in [-0.4, -0.2) is 28.2 Å². The Kier molecular flexibility index (Phi) is 5.32. The number of aromatic nitrogens is 2. The molecular formula is C15H19N3O2. The van der Waals surface area contributed by atoms with Crippen LogP contribution >= 0.6 is 0 Å². The van der Waals surface area contributed by atoms with Crippen molar-refractivity contribution in [1.29, 1.82) is 0 Å². The molecule has 5 nitrogen and oxygen atoms in total. The van der Waals surface area contributed by atoms with Crippen LogP contribution in [0.15, 0.2) is 41.2 Å². The Morgan fingerprint density at radius 1 is 1.15 bits per heavy atom. The predicted octanol–water partition coefficient (Wildman–Crippen LogP) is 2.01. The second-order valence-corrected chi connectivity index (χ2v) is 4.56. The van der Waals surface area contributed by atoms with Crippen molar-refractivity contribution in [2.24, 2.45) is 0 Å². The highest BCUT2D eigenvalue weighted by Gasteiger charge is 2.03. The largest absolute Gasteiger partial charge is 0.396 e. The van der Waals surface area contributed by atoms with Crippen LogP contribution in [0.1, 0.15) is 19.3 Å². The molecule has 106 valence electrons. The molecule has 0 bridgehead atoms. The topological polar surface area (TPSA) is 78.0 Å². The highest BCUT2D eigenvalue weighted by molar-refractivity contribution is 5.59. The molecule has 0 aliphatic heterocycles. The molecule has 2 aromatic rings. The second-order valence-electron chi connectivity index (χ2n) is 4.56. The van der Waals surface area contributed by atoms with E-state index >= 15 is 0 Å². The summed E-state index contributed by atoms with van der Waals surface area (Å²) in [4.78, 5) is 18.7. The van der Waals surface area contributed by atoms with Gasteiger partial charge in [0.15, 0.2) is 0 Å². The number of aromatic amines is 1. The van der Waals surface area contributed by atoms with E-state index in [1.807, 2.05) is 30.3 Å². The third kappa shape index (κ3) is 4.20. The van der Waals surface area contributed by atoms with E-state index in [1.54, 1.807) is 0 Å². The average Bonchev–Trinajstić information content (AvgIpc) is 2.47. The molecule has 20 heavy (non-hydrogen) atoms. The number of aliphatic hydroxyl groups excluding tert-OH is 1. The number of hydrogen-bond donors (Lipinski definition) is 3. The second kappa shape index (κ2) is 7.45. The molecule has 1 aromatic heterocycles. The number of aliphatic hydroxyl groups is 1. The summed E-state index contributed by atoms with van der Waals surface area (Å²) in [7, 11) is 0. The third-order valence-electron chi connectivity index (χ3n) is 2.94. The summed E-state index contributed by atoms with van der Waals surface area (Å²) in [6.45, 7) is 0.944. The van der Waals surface area contributed by atoms with Crippen LogP contribution in [0, 0.1) is 0 Å². The number of benzene rings is 1. The lowest BCUT2D eigenvalue weighted by Crippen LogP contribution is -2.13. The molecule has 0 radical (unpaired) electrons. The zero-order valence-corrected chi connectivity index (χ0v) is 11.3. The number of rotatable bonds is 7. The van der Waals surface area contributed by atoms with Crippen molar-refractivity contribution in [3.8, 4) is 11.3 Å². The normalized spacial score (nSPS) is 10.4. The molecule has 0 spiro atoms. The van der Waals surface area contributed by atoms with Gasteiger partial charge in [0.05, 0.1) is 5.69 Å². The minimum Gasteiger partial charge on any atom is -0.396 e. The highest BCUT2D eigenvalue weighted by atomic mass is 16.2. The number of anilines is 1. The van der Waals surface area contributed by atoms with Gasteiger partial charge in [-0.3, -0.25) is 9.78 Å². The molecule has 2 rings (SSSR count). The first-order chi connectivity index (χ1) is 9.79. The van der Waals surface area contributed by atoms with Gasteiger partial charge in [-0.15, -0.1) is 0 Å². The maximum Gasteiger partial charge on any atom is 0.252 e. The number of H-pyrrole nitrogens is 1. The van der Waals surface area contributed by atoms with Crippen molar-refractivity contribution < 1.29 is 5.11 Å². The van der Waals surface area contributed by atoms with Crippen LogP contribution in [0.5, 0.6) is 0 Å². The van der Waals surface area contributed by atoms with E-state index in [-0.39, 0.29) is 12.2 Å². The maximum atomic E-state index is 11.7. The summed E-state index contributed by atoms with van der Waals surface area (Å²) < 4.78 is 0. The predicted molar refractivity (Wildman–Crippen MR) is 79.7 cm³/mol. The summed E-state index contributed by atoms with van der Waals surface area (Å²) in [5, 5.41) is 11.8. The monoisotopic (exact) mass is 273 g/mol. The molecule has 0 aliphatic carbocycles. The maximum absolute atomic E-state index is 11.7. The minimum absolute atomic E-state index is 0.170. The standard InChI is InChI=1S/C15H19N3O2/c19-10-6-2-5-9-16-15-17-13(11-14(20)18-15)12-7-3-1-4-8-12/h1,3-4,7-8,11,19H,2,5-6,9-10H2,(H2,16,17,18,20). The van der Waals surface area contributed by atoms with E-state index in [4.69, 9.17) is 5.11 Å². The van der Waals surface area contributed by atoms with Gasteiger partial charge in [-0.05, 0) is 19.3 Å². The Morgan fingerprint density at radius 2 is 1.95 bits per heavy atom. The molecule has 1 aromatic carbocycles. The van der Waals surface area contributed by atoms with Gasteiger partial charge in [0.25, 0.3) is 5.56 Å². The molecule has 0 saturated heterocycles. The van der Waals surface area contributed by atoms with Gasteiger partial charge < -0.3 is 10.4 Å². The van der Waals surface area contributed by atoms with Crippen LogP contribution in [-0.2, 0) is 0 Å². The fourth-order valence-corrected chi connectivity index (χ4v) is 1.92. The Balaban J connectivity index is 2.04. The first-order valence-electron chi connectivity index (χ1n) is 6.81. The van der Waals surface area contributed by atoms with Gasteiger partial charge >= 0.3 is 0 Å². The van der Waals surface area contributed by atoms with Gasteiger partial charge in [-0.2, -0.15) is 0 Å².